The fourth-order valence-corrected chi connectivity index (χ4v) is 3.69. The fraction of sp³-hybridized carbons (Fsp3) is 0.364. The van der Waals surface area contributed by atoms with Gasteiger partial charge in [-0.05, 0) is 87.0 Å². The summed E-state index contributed by atoms with van der Waals surface area (Å²) >= 11 is 5.48. The molecule has 0 bridgehead atoms. The third-order valence-corrected chi connectivity index (χ3v) is 5.33. The molecule has 1 atom stereocenters. The number of Topliss-reactive ketones (excluding diaryl/α,β-unsaturated/α-hetero) is 1. The van der Waals surface area contributed by atoms with E-state index in [1.807, 2.05) is 24.3 Å². The van der Waals surface area contributed by atoms with Gasteiger partial charge in [0.05, 0.1) is 13.2 Å². The van der Waals surface area contributed by atoms with Crippen LogP contribution in [0.25, 0.3) is 0 Å². The van der Waals surface area contributed by atoms with Crippen molar-refractivity contribution in [2.75, 3.05) is 32.1 Å². The molecule has 2 N–H and O–H groups in total. The molecule has 28 heavy (non-hydrogen) atoms. The van der Waals surface area contributed by atoms with Crippen molar-refractivity contribution in [2.24, 2.45) is 0 Å². The third-order valence-electron chi connectivity index (χ3n) is 5.09. The quantitative estimate of drug-likeness (QED) is 0.544. The number of thiocarbonyl (C=S) groups is 1. The molecule has 1 fully saturated rings. The van der Waals surface area contributed by atoms with Crippen molar-refractivity contribution < 1.29 is 9.53 Å². The molecule has 0 spiro atoms. The van der Waals surface area contributed by atoms with Crippen LogP contribution in [-0.2, 0) is 0 Å². The van der Waals surface area contributed by atoms with Gasteiger partial charge < -0.3 is 15.4 Å². The van der Waals surface area contributed by atoms with Crippen molar-refractivity contribution in [1.82, 2.24) is 10.2 Å². The fourth-order valence-electron chi connectivity index (χ4n) is 3.49. The van der Waals surface area contributed by atoms with Crippen molar-refractivity contribution in [3.8, 4) is 5.75 Å². The summed E-state index contributed by atoms with van der Waals surface area (Å²) in [5.74, 6) is 0.920. The van der Waals surface area contributed by atoms with Crippen LogP contribution in [-0.4, -0.2) is 42.5 Å². The van der Waals surface area contributed by atoms with Crippen LogP contribution in [0.4, 0.5) is 5.69 Å². The first-order valence-electron chi connectivity index (χ1n) is 9.60. The predicted molar refractivity (Wildman–Crippen MR) is 117 cm³/mol. The van der Waals surface area contributed by atoms with E-state index < -0.39 is 0 Å². The van der Waals surface area contributed by atoms with E-state index in [2.05, 4.69) is 27.7 Å². The summed E-state index contributed by atoms with van der Waals surface area (Å²) in [6, 6.07) is 15.9. The van der Waals surface area contributed by atoms with Gasteiger partial charge in [0.1, 0.15) is 5.75 Å². The van der Waals surface area contributed by atoms with Gasteiger partial charge in [-0.2, -0.15) is 0 Å². The summed E-state index contributed by atoms with van der Waals surface area (Å²) in [6.45, 7) is 4.49. The first kappa shape index (κ1) is 20.3. The molecule has 0 radical (unpaired) electrons. The molecule has 0 aromatic heterocycles. The lowest BCUT2D eigenvalue weighted by Crippen LogP contribution is -2.38. The maximum absolute atomic E-state index is 11.4. The summed E-state index contributed by atoms with van der Waals surface area (Å²) in [5, 5.41) is 7.12. The number of benzene rings is 2. The second-order valence-corrected chi connectivity index (χ2v) is 7.41. The Morgan fingerprint density at radius 1 is 1.11 bits per heavy atom. The van der Waals surface area contributed by atoms with Crippen LogP contribution in [0.1, 0.15) is 41.7 Å². The van der Waals surface area contributed by atoms with Gasteiger partial charge in [0.2, 0.25) is 0 Å². The van der Waals surface area contributed by atoms with E-state index in [1.165, 1.54) is 18.4 Å². The molecule has 1 unspecified atom stereocenters. The Labute approximate surface area is 172 Å². The summed E-state index contributed by atoms with van der Waals surface area (Å²) < 4.78 is 5.28. The van der Waals surface area contributed by atoms with Crippen molar-refractivity contribution in [2.45, 2.75) is 25.8 Å². The number of likely N-dealkylation sites (tertiary alicyclic amines) is 1. The Hall–Kier alpha value is -2.44. The van der Waals surface area contributed by atoms with E-state index in [1.54, 1.807) is 26.2 Å². The Morgan fingerprint density at radius 2 is 1.75 bits per heavy atom. The van der Waals surface area contributed by atoms with Gasteiger partial charge >= 0.3 is 0 Å². The van der Waals surface area contributed by atoms with E-state index in [9.17, 15) is 4.79 Å². The molecule has 1 aliphatic heterocycles. The highest BCUT2D eigenvalue weighted by Gasteiger charge is 2.23. The Bertz CT molecular complexity index is 800. The lowest BCUT2D eigenvalue weighted by atomic mass is 10.1. The van der Waals surface area contributed by atoms with Crippen molar-refractivity contribution >= 4 is 28.8 Å². The summed E-state index contributed by atoms with van der Waals surface area (Å²) in [5.41, 5.74) is 2.81. The topological polar surface area (TPSA) is 53.6 Å². The standard InChI is InChI=1S/C22H27N3O2S/c1-16(26)17-5-9-19(10-6-17)24-22(28)23-15-21(25-13-3-4-14-25)18-7-11-20(27-2)12-8-18/h5-12,21H,3-4,13-15H2,1-2H3,(H2,23,24,28). The van der Waals surface area contributed by atoms with Gasteiger partial charge in [-0.3, -0.25) is 9.69 Å². The van der Waals surface area contributed by atoms with Crippen LogP contribution in [0.2, 0.25) is 0 Å². The van der Waals surface area contributed by atoms with E-state index >= 15 is 0 Å². The zero-order chi connectivity index (χ0) is 19.9. The molecule has 2 aromatic carbocycles. The minimum Gasteiger partial charge on any atom is -0.497 e. The SMILES string of the molecule is COc1ccc(C(CNC(=S)Nc2ccc(C(C)=O)cc2)N2CCCC2)cc1. The molecule has 0 saturated carbocycles. The third kappa shape index (κ3) is 5.30. The molecule has 2 aromatic rings. The first-order valence-corrected chi connectivity index (χ1v) is 10.0. The first-order chi connectivity index (χ1) is 13.6. The van der Waals surface area contributed by atoms with E-state index in [0.29, 0.717) is 10.7 Å². The normalized spacial score (nSPS) is 15.1. The van der Waals surface area contributed by atoms with Crippen LogP contribution in [0.3, 0.4) is 0 Å². The largest absolute Gasteiger partial charge is 0.497 e. The van der Waals surface area contributed by atoms with Crippen molar-refractivity contribution in [3.63, 3.8) is 0 Å². The number of rotatable bonds is 7. The van der Waals surface area contributed by atoms with E-state index in [-0.39, 0.29) is 11.8 Å². The minimum atomic E-state index is 0.0557. The van der Waals surface area contributed by atoms with Gasteiger partial charge in [0.25, 0.3) is 0 Å². The lowest BCUT2D eigenvalue weighted by Gasteiger charge is -2.29. The second-order valence-electron chi connectivity index (χ2n) is 7.00. The molecule has 148 valence electrons. The number of hydrogen-bond donors (Lipinski definition) is 2. The summed E-state index contributed by atoms with van der Waals surface area (Å²) in [6.07, 6.45) is 2.47. The number of ether oxygens (including phenoxy) is 1. The molecular weight excluding hydrogens is 370 g/mol. The number of hydrogen-bond acceptors (Lipinski definition) is 4. The number of anilines is 1. The van der Waals surface area contributed by atoms with Gasteiger partial charge in [-0.15, -0.1) is 0 Å². The molecule has 1 saturated heterocycles. The van der Waals surface area contributed by atoms with Crippen molar-refractivity contribution in [3.05, 3.63) is 59.7 Å². The predicted octanol–water partition coefficient (Wildman–Crippen LogP) is 4.02. The zero-order valence-electron chi connectivity index (χ0n) is 16.4. The molecular formula is C22H27N3O2S. The van der Waals surface area contributed by atoms with Gasteiger partial charge in [-0.1, -0.05) is 12.1 Å². The van der Waals surface area contributed by atoms with Crippen LogP contribution < -0.4 is 15.4 Å². The molecule has 0 amide bonds. The molecule has 6 heteroatoms. The number of ketones is 1. The lowest BCUT2D eigenvalue weighted by molar-refractivity contribution is 0.101. The molecule has 1 aliphatic rings. The number of nitrogens with one attached hydrogen (secondary N) is 2. The summed E-state index contributed by atoms with van der Waals surface area (Å²) in [7, 11) is 1.68. The number of carbonyl (C=O) groups excluding carboxylic acids is 1. The average Bonchev–Trinajstić information content (AvgIpc) is 3.23. The zero-order valence-corrected chi connectivity index (χ0v) is 17.2. The van der Waals surface area contributed by atoms with Crippen LogP contribution >= 0.6 is 12.2 Å². The number of carbonyl (C=O) groups is 1. The molecule has 1 heterocycles. The van der Waals surface area contributed by atoms with Gasteiger partial charge in [-0.25, -0.2) is 0 Å². The highest BCUT2D eigenvalue weighted by Crippen LogP contribution is 2.26. The smallest absolute Gasteiger partial charge is 0.170 e. The van der Waals surface area contributed by atoms with E-state index in [4.69, 9.17) is 17.0 Å². The van der Waals surface area contributed by atoms with Gasteiger partial charge in [0.15, 0.2) is 10.9 Å². The monoisotopic (exact) mass is 397 g/mol. The molecule has 3 rings (SSSR count). The minimum absolute atomic E-state index is 0.0557. The van der Waals surface area contributed by atoms with Crippen LogP contribution in [0.15, 0.2) is 48.5 Å². The highest BCUT2D eigenvalue weighted by molar-refractivity contribution is 7.80. The van der Waals surface area contributed by atoms with Crippen LogP contribution in [0.5, 0.6) is 5.75 Å². The Kier molecular flexibility index (Phi) is 7.01. The van der Waals surface area contributed by atoms with Gasteiger partial charge in [0, 0.05) is 17.8 Å². The Balaban J connectivity index is 1.62. The van der Waals surface area contributed by atoms with E-state index in [0.717, 1.165) is 31.1 Å². The summed E-state index contributed by atoms with van der Waals surface area (Å²) in [4.78, 5) is 13.9. The number of methoxy groups -OCH3 is 1. The molecule has 5 nitrogen and oxygen atoms in total. The maximum atomic E-state index is 11.4. The highest BCUT2D eigenvalue weighted by atomic mass is 32.1. The molecule has 0 aliphatic carbocycles. The second kappa shape index (κ2) is 9.66. The van der Waals surface area contributed by atoms with Crippen LogP contribution in [0, 0.1) is 0 Å². The average molecular weight is 398 g/mol. The maximum Gasteiger partial charge on any atom is 0.170 e. The van der Waals surface area contributed by atoms with Crippen molar-refractivity contribution in [1.29, 1.82) is 0 Å². The number of nitrogens with zero attached hydrogens (tertiary/aromatic N) is 1. The Morgan fingerprint density at radius 3 is 2.32 bits per heavy atom.